The Morgan fingerprint density at radius 2 is 2.07 bits per heavy atom. The molecule has 3 heterocycles. The van der Waals surface area contributed by atoms with E-state index in [1.165, 1.54) is 12.1 Å². The first-order valence-corrected chi connectivity index (χ1v) is 9.47. The molecule has 2 aromatic heterocycles. The van der Waals surface area contributed by atoms with Crippen molar-refractivity contribution in [1.82, 2.24) is 20.4 Å². The Morgan fingerprint density at radius 3 is 2.93 bits per heavy atom. The van der Waals surface area contributed by atoms with E-state index in [4.69, 9.17) is 4.42 Å². The zero-order valence-corrected chi connectivity index (χ0v) is 15.6. The highest BCUT2D eigenvalue weighted by Crippen LogP contribution is 2.31. The van der Waals surface area contributed by atoms with E-state index < -0.39 is 6.04 Å². The molecule has 1 saturated heterocycles. The first-order chi connectivity index (χ1) is 14.2. The zero-order chi connectivity index (χ0) is 19.8. The van der Waals surface area contributed by atoms with Gasteiger partial charge in [0.2, 0.25) is 5.91 Å². The normalized spacial score (nSPS) is 17.6. The van der Waals surface area contributed by atoms with Crippen LogP contribution < -0.4 is 5.32 Å². The monoisotopic (exact) mass is 390 g/mol. The minimum atomic E-state index is -0.558. The number of furan rings is 1. The van der Waals surface area contributed by atoms with Crippen molar-refractivity contribution in [3.63, 3.8) is 0 Å². The summed E-state index contributed by atoms with van der Waals surface area (Å²) >= 11 is 0. The number of piperazine rings is 1. The average molecular weight is 390 g/mol. The number of H-pyrrole nitrogens is 1. The second kappa shape index (κ2) is 7.18. The predicted molar refractivity (Wildman–Crippen MR) is 106 cm³/mol. The van der Waals surface area contributed by atoms with E-state index in [1.54, 1.807) is 18.3 Å². The fourth-order valence-corrected chi connectivity index (χ4v) is 3.89. The van der Waals surface area contributed by atoms with Gasteiger partial charge in [-0.3, -0.25) is 14.8 Å². The molecule has 0 spiro atoms. The summed E-state index contributed by atoms with van der Waals surface area (Å²) in [5.41, 5.74) is 3.14. The van der Waals surface area contributed by atoms with E-state index >= 15 is 0 Å². The predicted octanol–water partition coefficient (Wildman–Crippen LogP) is 3.64. The summed E-state index contributed by atoms with van der Waals surface area (Å²) in [5.74, 6) is 0.213. The van der Waals surface area contributed by atoms with Crippen LogP contribution in [-0.4, -0.2) is 34.1 Å². The summed E-state index contributed by atoms with van der Waals surface area (Å²) in [6.07, 6.45) is 1.75. The van der Waals surface area contributed by atoms with E-state index in [1.807, 2.05) is 35.2 Å². The molecule has 6 nitrogen and oxygen atoms in total. The smallest absolute Gasteiger partial charge is 0.242 e. The second-order valence-electron chi connectivity index (χ2n) is 7.14. The minimum absolute atomic E-state index is 0.129. The Bertz CT molecular complexity index is 1150. The van der Waals surface area contributed by atoms with Gasteiger partial charge in [-0.2, -0.15) is 5.10 Å². The number of carbonyl (C=O) groups is 1. The number of carbonyl (C=O) groups excluding carboxylic acids is 1. The van der Waals surface area contributed by atoms with Crippen LogP contribution in [0.2, 0.25) is 0 Å². The maximum atomic E-state index is 13.8. The van der Waals surface area contributed by atoms with Crippen LogP contribution in [-0.2, 0) is 11.3 Å². The summed E-state index contributed by atoms with van der Waals surface area (Å²) in [5, 5.41) is 11.1. The van der Waals surface area contributed by atoms with Crippen LogP contribution >= 0.6 is 0 Å². The van der Waals surface area contributed by atoms with Gasteiger partial charge in [-0.1, -0.05) is 30.3 Å². The number of nitrogens with one attached hydrogen (secondary N) is 2. The number of nitrogens with zero attached hydrogens (tertiary/aromatic N) is 2. The molecular formula is C22H19FN4O2. The first kappa shape index (κ1) is 17.6. The summed E-state index contributed by atoms with van der Waals surface area (Å²) in [6.45, 7) is 1.68. The molecule has 0 bridgehead atoms. The van der Waals surface area contributed by atoms with Gasteiger partial charge in [-0.05, 0) is 29.8 Å². The van der Waals surface area contributed by atoms with Crippen LogP contribution in [0.5, 0.6) is 0 Å². The number of amides is 1. The van der Waals surface area contributed by atoms with Crippen LogP contribution in [0.3, 0.4) is 0 Å². The molecule has 1 unspecified atom stereocenters. The van der Waals surface area contributed by atoms with Crippen molar-refractivity contribution in [2.45, 2.75) is 12.6 Å². The van der Waals surface area contributed by atoms with Gasteiger partial charge in [0.1, 0.15) is 23.1 Å². The van der Waals surface area contributed by atoms with Crippen LogP contribution in [0.15, 0.2) is 65.2 Å². The molecule has 1 fully saturated rings. The van der Waals surface area contributed by atoms with E-state index in [2.05, 4.69) is 15.5 Å². The highest BCUT2D eigenvalue weighted by atomic mass is 19.1. The lowest BCUT2D eigenvalue weighted by atomic mass is 10.0. The van der Waals surface area contributed by atoms with Crippen molar-refractivity contribution in [2.24, 2.45) is 0 Å². The molecule has 29 heavy (non-hydrogen) atoms. The molecule has 7 heteroatoms. The fraction of sp³-hybridized carbons (Fsp3) is 0.182. The van der Waals surface area contributed by atoms with E-state index in [9.17, 15) is 9.18 Å². The zero-order valence-electron chi connectivity index (χ0n) is 15.6. The Kier molecular flexibility index (Phi) is 4.37. The molecule has 1 aliphatic rings. The summed E-state index contributed by atoms with van der Waals surface area (Å²) in [6, 6.07) is 15.4. The maximum Gasteiger partial charge on any atom is 0.242 e. The number of halogens is 1. The Labute approximate surface area is 166 Å². The number of fused-ring (bicyclic) bond motifs is 1. The SMILES string of the molecule is O=C1NCCN(Cc2cn[nH]c2-c2cc3ccccc3o2)C1c1cccc(F)c1. The molecule has 1 aliphatic heterocycles. The molecule has 4 aromatic rings. The van der Waals surface area contributed by atoms with Gasteiger partial charge in [0.25, 0.3) is 0 Å². The average Bonchev–Trinajstić information content (AvgIpc) is 3.34. The van der Waals surface area contributed by atoms with Crippen molar-refractivity contribution in [2.75, 3.05) is 13.1 Å². The van der Waals surface area contributed by atoms with Crippen LogP contribution in [0.1, 0.15) is 17.2 Å². The Balaban J connectivity index is 1.48. The third-order valence-corrected chi connectivity index (χ3v) is 5.24. The third-order valence-electron chi connectivity index (χ3n) is 5.24. The molecular weight excluding hydrogens is 371 g/mol. The van der Waals surface area contributed by atoms with Gasteiger partial charge in [0.05, 0.1) is 6.20 Å². The minimum Gasteiger partial charge on any atom is -0.454 e. The molecule has 2 aromatic carbocycles. The topological polar surface area (TPSA) is 74.2 Å². The molecule has 0 aliphatic carbocycles. The van der Waals surface area contributed by atoms with E-state index in [-0.39, 0.29) is 11.7 Å². The Hall–Kier alpha value is -3.45. The van der Waals surface area contributed by atoms with Gasteiger partial charge in [-0.15, -0.1) is 0 Å². The van der Waals surface area contributed by atoms with Crippen LogP contribution in [0.25, 0.3) is 22.4 Å². The molecule has 0 radical (unpaired) electrons. The van der Waals surface area contributed by atoms with Gasteiger partial charge < -0.3 is 9.73 Å². The van der Waals surface area contributed by atoms with Crippen molar-refractivity contribution in [1.29, 1.82) is 0 Å². The molecule has 2 N–H and O–H groups in total. The second-order valence-corrected chi connectivity index (χ2v) is 7.14. The number of hydrogen-bond acceptors (Lipinski definition) is 4. The number of aromatic nitrogens is 2. The lowest BCUT2D eigenvalue weighted by Crippen LogP contribution is -2.49. The quantitative estimate of drug-likeness (QED) is 0.558. The summed E-state index contributed by atoms with van der Waals surface area (Å²) < 4.78 is 19.7. The van der Waals surface area contributed by atoms with Gasteiger partial charge in [-0.25, -0.2) is 4.39 Å². The lowest BCUT2D eigenvalue weighted by molar-refractivity contribution is -0.129. The fourth-order valence-electron chi connectivity index (χ4n) is 3.89. The number of aromatic amines is 1. The highest BCUT2D eigenvalue weighted by Gasteiger charge is 2.32. The van der Waals surface area contributed by atoms with E-state index in [0.29, 0.717) is 31.0 Å². The van der Waals surface area contributed by atoms with Crippen molar-refractivity contribution in [3.8, 4) is 11.5 Å². The van der Waals surface area contributed by atoms with Crippen molar-refractivity contribution in [3.05, 3.63) is 77.7 Å². The molecule has 146 valence electrons. The number of benzene rings is 2. The highest BCUT2D eigenvalue weighted by molar-refractivity contribution is 5.84. The van der Waals surface area contributed by atoms with E-state index in [0.717, 1.165) is 22.2 Å². The molecule has 0 saturated carbocycles. The summed E-state index contributed by atoms with van der Waals surface area (Å²) in [4.78, 5) is 14.6. The lowest BCUT2D eigenvalue weighted by Gasteiger charge is -2.35. The third kappa shape index (κ3) is 3.30. The van der Waals surface area contributed by atoms with Crippen LogP contribution in [0.4, 0.5) is 4.39 Å². The van der Waals surface area contributed by atoms with Crippen LogP contribution in [0, 0.1) is 5.82 Å². The Morgan fingerprint density at radius 1 is 1.17 bits per heavy atom. The van der Waals surface area contributed by atoms with Crippen molar-refractivity contribution < 1.29 is 13.6 Å². The molecule has 1 atom stereocenters. The van der Waals surface area contributed by atoms with Gasteiger partial charge in [0.15, 0.2) is 5.76 Å². The number of hydrogen-bond donors (Lipinski definition) is 2. The molecule has 5 rings (SSSR count). The first-order valence-electron chi connectivity index (χ1n) is 9.47. The molecule has 1 amide bonds. The number of para-hydroxylation sites is 1. The van der Waals surface area contributed by atoms with Gasteiger partial charge in [0, 0.05) is 30.6 Å². The van der Waals surface area contributed by atoms with Crippen molar-refractivity contribution >= 4 is 16.9 Å². The maximum absolute atomic E-state index is 13.8. The standard InChI is InChI=1S/C22H19FN4O2/c23-17-6-3-5-15(10-17)21-22(28)24-8-9-27(21)13-16-12-25-26-20(16)19-11-14-4-1-2-7-18(14)29-19/h1-7,10-12,21H,8-9,13H2,(H,24,28)(H,25,26). The number of rotatable bonds is 4. The van der Waals surface area contributed by atoms with Gasteiger partial charge >= 0.3 is 0 Å². The summed E-state index contributed by atoms with van der Waals surface area (Å²) in [7, 11) is 0. The largest absolute Gasteiger partial charge is 0.454 e.